The summed E-state index contributed by atoms with van der Waals surface area (Å²) in [7, 11) is 1.32. The van der Waals surface area contributed by atoms with Crippen LogP contribution in [0.15, 0.2) is 36.8 Å². The first-order valence-corrected chi connectivity index (χ1v) is 6.55. The maximum absolute atomic E-state index is 11.3. The van der Waals surface area contributed by atoms with Crippen molar-refractivity contribution in [1.29, 1.82) is 0 Å². The lowest BCUT2D eigenvalue weighted by Gasteiger charge is -2.06. The lowest BCUT2D eigenvalue weighted by Crippen LogP contribution is -2.33. The predicted octanol–water partition coefficient (Wildman–Crippen LogP) is 2.47. The molecule has 1 heterocycles. The Morgan fingerprint density at radius 1 is 1.41 bits per heavy atom. The van der Waals surface area contributed by atoms with Crippen LogP contribution in [0, 0.1) is 0 Å². The van der Waals surface area contributed by atoms with E-state index in [2.05, 4.69) is 9.72 Å². The van der Waals surface area contributed by atoms with Gasteiger partial charge < -0.3 is 15.0 Å². The van der Waals surface area contributed by atoms with Crippen LogP contribution in [-0.4, -0.2) is 28.7 Å². The summed E-state index contributed by atoms with van der Waals surface area (Å²) in [6, 6.07) is 6.94. The van der Waals surface area contributed by atoms with Crippen molar-refractivity contribution in [3.63, 3.8) is 0 Å². The average molecular weight is 367 g/mol. The largest absolute Gasteiger partial charge is 0.468 e. The number of nitrogens with zero attached hydrogens (tertiary/aromatic N) is 2. The molecule has 122 valence electrons. The van der Waals surface area contributed by atoms with Crippen molar-refractivity contribution in [1.82, 2.24) is 9.55 Å². The second-order valence-corrected chi connectivity index (χ2v) is 4.87. The highest BCUT2D eigenvalue weighted by molar-refractivity contribution is 6.31. The Hall–Kier alpha value is -1.27. The first-order chi connectivity index (χ1) is 9.60. The third-order valence-electron chi connectivity index (χ3n) is 2.93. The minimum absolute atomic E-state index is 0. The van der Waals surface area contributed by atoms with E-state index in [9.17, 15) is 4.79 Å². The van der Waals surface area contributed by atoms with Crippen LogP contribution in [0.4, 0.5) is 0 Å². The van der Waals surface area contributed by atoms with Gasteiger partial charge in [0.1, 0.15) is 6.04 Å². The lowest BCUT2D eigenvalue weighted by molar-refractivity contribution is -0.142. The molecule has 0 aliphatic carbocycles. The Balaban J connectivity index is 0.00000220. The van der Waals surface area contributed by atoms with E-state index in [-0.39, 0.29) is 24.8 Å². The van der Waals surface area contributed by atoms with Gasteiger partial charge in [-0.3, -0.25) is 4.79 Å². The summed E-state index contributed by atoms with van der Waals surface area (Å²) in [6.07, 6.45) is 3.90. The Morgan fingerprint density at radius 3 is 2.73 bits per heavy atom. The van der Waals surface area contributed by atoms with Gasteiger partial charge in [-0.1, -0.05) is 29.8 Å². The second-order valence-electron chi connectivity index (χ2n) is 4.46. The topological polar surface area (TPSA) is 70.1 Å². The van der Waals surface area contributed by atoms with Gasteiger partial charge in [-0.2, -0.15) is 0 Å². The molecule has 8 heteroatoms. The minimum atomic E-state index is -0.691. The summed E-state index contributed by atoms with van der Waals surface area (Å²) in [5, 5.41) is 0.717. The van der Waals surface area contributed by atoms with Crippen molar-refractivity contribution in [2.75, 3.05) is 7.11 Å². The molecule has 0 saturated heterocycles. The van der Waals surface area contributed by atoms with Gasteiger partial charge in [0, 0.05) is 24.2 Å². The van der Waals surface area contributed by atoms with Crippen molar-refractivity contribution in [3.05, 3.63) is 53.1 Å². The summed E-state index contributed by atoms with van der Waals surface area (Å²) in [6.45, 7) is 0.625. The number of aromatic nitrogens is 2. The van der Waals surface area contributed by atoms with Crippen LogP contribution in [0.25, 0.3) is 0 Å². The maximum atomic E-state index is 11.3. The minimum Gasteiger partial charge on any atom is -0.468 e. The molecular formula is C14H18Cl3N3O2. The van der Waals surface area contributed by atoms with E-state index < -0.39 is 12.0 Å². The SMILES string of the molecule is COC(=O)C(N)Cc1cn(Cc2ccccc2Cl)cn1.Cl.Cl. The van der Waals surface area contributed by atoms with Gasteiger partial charge in [0.2, 0.25) is 0 Å². The van der Waals surface area contributed by atoms with Gasteiger partial charge in [-0.25, -0.2) is 4.98 Å². The summed E-state index contributed by atoms with van der Waals surface area (Å²) in [5.74, 6) is -0.439. The van der Waals surface area contributed by atoms with E-state index in [4.69, 9.17) is 17.3 Å². The van der Waals surface area contributed by atoms with Crippen LogP contribution in [0.2, 0.25) is 5.02 Å². The first-order valence-electron chi connectivity index (χ1n) is 6.17. The van der Waals surface area contributed by atoms with Crippen molar-refractivity contribution in [2.24, 2.45) is 5.73 Å². The van der Waals surface area contributed by atoms with E-state index in [0.717, 1.165) is 11.3 Å². The number of methoxy groups -OCH3 is 1. The lowest BCUT2D eigenvalue weighted by atomic mass is 10.2. The summed E-state index contributed by atoms with van der Waals surface area (Å²) < 4.78 is 6.49. The highest BCUT2D eigenvalue weighted by atomic mass is 35.5. The second kappa shape index (κ2) is 9.69. The van der Waals surface area contributed by atoms with Gasteiger partial charge in [-0.15, -0.1) is 24.8 Å². The van der Waals surface area contributed by atoms with Crippen LogP contribution in [-0.2, 0) is 22.5 Å². The van der Waals surface area contributed by atoms with Crippen molar-refractivity contribution < 1.29 is 9.53 Å². The number of halogens is 3. The molecule has 0 aliphatic heterocycles. The highest BCUT2D eigenvalue weighted by Gasteiger charge is 2.15. The van der Waals surface area contributed by atoms with Gasteiger partial charge in [0.15, 0.2) is 0 Å². The highest BCUT2D eigenvalue weighted by Crippen LogP contribution is 2.16. The fourth-order valence-corrected chi connectivity index (χ4v) is 2.08. The smallest absolute Gasteiger partial charge is 0.323 e. The number of nitrogens with two attached hydrogens (primary N) is 1. The molecule has 5 nitrogen and oxygen atoms in total. The molecule has 2 aromatic rings. The quantitative estimate of drug-likeness (QED) is 0.825. The molecule has 0 saturated carbocycles. The van der Waals surface area contributed by atoms with Gasteiger partial charge >= 0.3 is 5.97 Å². The van der Waals surface area contributed by atoms with E-state index in [1.54, 1.807) is 6.33 Å². The molecule has 0 spiro atoms. The average Bonchev–Trinajstić information content (AvgIpc) is 2.87. The van der Waals surface area contributed by atoms with E-state index in [0.29, 0.717) is 18.0 Å². The fourth-order valence-electron chi connectivity index (χ4n) is 1.88. The maximum Gasteiger partial charge on any atom is 0.323 e. The van der Waals surface area contributed by atoms with Crippen LogP contribution >= 0.6 is 36.4 Å². The number of rotatable bonds is 5. The number of hydrogen-bond donors (Lipinski definition) is 1. The zero-order valence-electron chi connectivity index (χ0n) is 11.9. The standard InChI is InChI=1S/C14H16ClN3O2.2ClH/c1-20-14(19)13(16)6-11-8-18(9-17-11)7-10-4-2-3-5-12(10)15;;/h2-5,8-9,13H,6-7,16H2,1H3;2*1H. The van der Waals surface area contributed by atoms with Crippen molar-refractivity contribution in [2.45, 2.75) is 19.0 Å². The number of imidazole rings is 1. The molecule has 22 heavy (non-hydrogen) atoms. The monoisotopic (exact) mass is 365 g/mol. The number of ether oxygens (including phenoxy) is 1. The van der Waals surface area contributed by atoms with Crippen LogP contribution in [0.5, 0.6) is 0 Å². The molecular weight excluding hydrogens is 349 g/mol. The van der Waals surface area contributed by atoms with Crippen molar-refractivity contribution in [3.8, 4) is 0 Å². The predicted molar refractivity (Wildman–Crippen MR) is 91.0 cm³/mol. The molecule has 0 radical (unpaired) electrons. The molecule has 1 aromatic heterocycles. The first kappa shape index (κ1) is 20.7. The van der Waals surface area contributed by atoms with Crippen LogP contribution < -0.4 is 5.73 Å². The van der Waals surface area contributed by atoms with Crippen LogP contribution in [0.3, 0.4) is 0 Å². The summed E-state index contributed by atoms with van der Waals surface area (Å²) in [4.78, 5) is 15.5. The number of hydrogen-bond acceptors (Lipinski definition) is 4. The number of esters is 1. The molecule has 1 unspecified atom stereocenters. The molecule has 2 N–H and O–H groups in total. The summed E-state index contributed by atoms with van der Waals surface area (Å²) in [5.41, 5.74) is 7.46. The van der Waals surface area contributed by atoms with E-state index in [1.807, 2.05) is 35.0 Å². The van der Waals surface area contributed by atoms with E-state index in [1.165, 1.54) is 7.11 Å². The Kier molecular flexibility index (Phi) is 9.13. The van der Waals surface area contributed by atoms with E-state index >= 15 is 0 Å². The van der Waals surface area contributed by atoms with Gasteiger partial charge in [0.05, 0.1) is 19.1 Å². The molecule has 1 atom stereocenters. The Morgan fingerprint density at radius 2 is 2.09 bits per heavy atom. The zero-order chi connectivity index (χ0) is 14.5. The molecule has 0 bridgehead atoms. The van der Waals surface area contributed by atoms with Gasteiger partial charge in [0.25, 0.3) is 0 Å². The fraction of sp³-hybridized carbons (Fsp3) is 0.286. The molecule has 0 amide bonds. The summed E-state index contributed by atoms with van der Waals surface area (Å²) >= 11 is 6.11. The molecule has 2 rings (SSSR count). The van der Waals surface area contributed by atoms with Crippen molar-refractivity contribution >= 4 is 42.4 Å². The molecule has 1 aromatic carbocycles. The molecule has 0 fully saturated rings. The third kappa shape index (κ3) is 5.50. The zero-order valence-corrected chi connectivity index (χ0v) is 14.3. The third-order valence-corrected chi connectivity index (χ3v) is 3.30. The number of carbonyl (C=O) groups excluding carboxylic acids is 1. The Bertz CT molecular complexity index is 605. The Labute approximate surface area is 146 Å². The number of benzene rings is 1. The van der Waals surface area contributed by atoms with Crippen LogP contribution in [0.1, 0.15) is 11.3 Å². The van der Waals surface area contributed by atoms with Gasteiger partial charge in [-0.05, 0) is 11.6 Å². The number of carbonyl (C=O) groups is 1. The molecule has 0 aliphatic rings. The normalized spacial score (nSPS) is 11.0.